The van der Waals surface area contributed by atoms with Crippen molar-refractivity contribution in [3.8, 4) is 0 Å². The van der Waals surface area contributed by atoms with Gasteiger partial charge in [-0.15, -0.1) is 0 Å². The Morgan fingerprint density at radius 2 is 1.16 bits per heavy atom. The molecule has 0 aliphatic rings. The molecule has 0 radical (unpaired) electrons. The van der Waals surface area contributed by atoms with Gasteiger partial charge in [-0.2, -0.15) is 0 Å². The molecule has 0 unspecified atom stereocenters. The highest BCUT2D eigenvalue weighted by molar-refractivity contribution is 5.92. The summed E-state index contributed by atoms with van der Waals surface area (Å²) in [4.78, 5) is 21.3. The first kappa shape index (κ1) is 20.3. The predicted molar refractivity (Wildman–Crippen MR) is 77.3 cm³/mol. The second-order valence-electron chi connectivity index (χ2n) is 4.85. The molecule has 0 aromatic rings. The van der Waals surface area contributed by atoms with Gasteiger partial charge in [0.05, 0.1) is 0 Å². The van der Waals surface area contributed by atoms with Gasteiger partial charge in [0.25, 0.3) is 0 Å². The Kier molecular flexibility index (Phi) is 14.3. The molecule has 0 aliphatic carbocycles. The third-order valence-corrected chi connectivity index (χ3v) is 3.19. The van der Waals surface area contributed by atoms with Crippen molar-refractivity contribution >= 4 is 11.9 Å². The largest absolute Gasteiger partial charge is 0.481 e. The highest BCUT2D eigenvalue weighted by atomic mass is 16.4. The summed E-state index contributed by atoms with van der Waals surface area (Å²) in [6.07, 6.45) is 10.5. The van der Waals surface area contributed by atoms with E-state index in [0.29, 0.717) is 6.42 Å². The fraction of sp³-hybridized carbons (Fsp3) is 0.867. The molecule has 0 aromatic heterocycles. The number of hydrogen-bond acceptors (Lipinski definition) is 2. The maximum atomic E-state index is 10.6. The van der Waals surface area contributed by atoms with Crippen LogP contribution in [0.25, 0.3) is 0 Å². The molecule has 0 bridgehead atoms. The fourth-order valence-corrected chi connectivity index (χ4v) is 2.01. The zero-order chi connectivity index (χ0) is 13.8. The lowest BCUT2D eigenvalue weighted by Gasteiger charge is -2.06. The summed E-state index contributed by atoms with van der Waals surface area (Å²) in [5.41, 5.74) is 0. The summed E-state index contributed by atoms with van der Waals surface area (Å²) in [7, 11) is 0. The molecule has 2 N–H and O–H groups in total. The van der Waals surface area contributed by atoms with Crippen LogP contribution in [-0.4, -0.2) is 22.2 Å². The van der Waals surface area contributed by atoms with E-state index in [2.05, 4.69) is 6.92 Å². The molecule has 0 rings (SSSR count). The van der Waals surface area contributed by atoms with Crippen molar-refractivity contribution in [3.63, 3.8) is 0 Å². The van der Waals surface area contributed by atoms with Crippen LogP contribution in [0.1, 0.15) is 78.6 Å². The summed E-state index contributed by atoms with van der Waals surface area (Å²) in [6, 6.07) is 0. The topological polar surface area (TPSA) is 74.6 Å². The molecule has 0 fully saturated rings. The van der Waals surface area contributed by atoms with Gasteiger partial charge in [-0.05, 0) is 6.42 Å². The van der Waals surface area contributed by atoms with Crippen molar-refractivity contribution in [3.05, 3.63) is 0 Å². The van der Waals surface area contributed by atoms with Gasteiger partial charge < -0.3 is 10.2 Å². The Morgan fingerprint density at radius 3 is 1.53 bits per heavy atom. The quantitative estimate of drug-likeness (QED) is 0.410. The first-order valence-corrected chi connectivity index (χ1v) is 7.05. The van der Waals surface area contributed by atoms with Crippen LogP contribution in [0.5, 0.6) is 0 Å². The Labute approximate surface area is 117 Å². The molecule has 0 heterocycles. The number of aliphatic carboxylic acids is 2. The minimum Gasteiger partial charge on any atom is -0.481 e. The molecular formula is C15H30O4. The zero-order valence-electron chi connectivity index (χ0n) is 11.4. The number of hydrogen-bond donors (Lipinski definition) is 2. The van der Waals surface area contributed by atoms with Crippen LogP contribution in [0.3, 0.4) is 0 Å². The molecule has 19 heavy (non-hydrogen) atoms. The van der Waals surface area contributed by atoms with Crippen LogP contribution in [0.4, 0.5) is 0 Å². The second-order valence-corrected chi connectivity index (χ2v) is 4.85. The normalized spacial score (nSPS) is 10.2. The number of rotatable bonds is 12. The van der Waals surface area contributed by atoms with E-state index in [1.165, 1.54) is 38.5 Å². The van der Waals surface area contributed by atoms with Crippen molar-refractivity contribution in [2.75, 3.05) is 0 Å². The molecule has 4 nitrogen and oxygen atoms in total. The van der Waals surface area contributed by atoms with Crippen LogP contribution in [0.15, 0.2) is 0 Å². The Morgan fingerprint density at radius 1 is 0.789 bits per heavy atom. The van der Waals surface area contributed by atoms with Crippen molar-refractivity contribution in [1.29, 1.82) is 0 Å². The van der Waals surface area contributed by atoms with Gasteiger partial charge in [-0.25, -0.2) is 0 Å². The lowest BCUT2D eigenvalue weighted by molar-refractivity contribution is -0.154. The molecule has 0 aromatic carbocycles. The summed E-state index contributed by atoms with van der Waals surface area (Å²) in [5, 5.41) is 17.4. The second kappa shape index (κ2) is 13.4. The molecular weight excluding hydrogens is 244 g/mol. The van der Waals surface area contributed by atoms with Crippen molar-refractivity contribution < 1.29 is 19.8 Å². The standard InChI is InChI=1S/C14H26O4.CH4/c1-2-3-4-5-6-7-8-9-10-11-12(13(15)16)14(17)18;/h12H,2-11H2,1H3,(H,15,16)(H,17,18);1H4. The van der Waals surface area contributed by atoms with Gasteiger partial charge in [0.1, 0.15) is 0 Å². The predicted octanol–water partition coefficient (Wildman–Crippen LogP) is 4.33. The maximum absolute atomic E-state index is 10.6. The van der Waals surface area contributed by atoms with Crippen LogP contribution >= 0.6 is 0 Å². The van der Waals surface area contributed by atoms with Gasteiger partial charge in [0.15, 0.2) is 5.92 Å². The lowest BCUT2D eigenvalue weighted by Crippen LogP contribution is -2.23. The molecule has 0 saturated carbocycles. The molecule has 0 saturated heterocycles. The van der Waals surface area contributed by atoms with Crippen molar-refractivity contribution in [2.24, 2.45) is 5.92 Å². The number of carbonyl (C=O) groups is 2. The summed E-state index contributed by atoms with van der Waals surface area (Å²) in [5.74, 6) is -3.67. The fourth-order valence-electron chi connectivity index (χ4n) is 2.01. The number of carboxylic acids is 2. The van der Waals surface area contributed by atoms with Gasteiger partial charge in [-0.3, -0.25) is 9.59 Å². The van der Waals surface area contributed by atoms with E-state index in [0.717, 1.165) is 12.8 Å². The van der Waals surface area contributed by atoms with Crippen LogP contribution in [0, 0.1) is 5.92 Å². The maximum Gasteiger partial charge on any atom is 0.317 e. The first-order valence-electron chi connectivity index (χ1n) is 7.05. The van der Waals surface area contributed by atoms with E-state index in [1.807, 2.05) is 0 Å². The third kappa shape index (κ3) is 11.7. The SMILES string of the molecule is C.CCCCCCCCCCCC(C(=O)O)C(=O)O. The lowest BCUT2D eigenvalue weighted by atomic mass is 10.00. The number of unbranched alkanes of at least 4 members (excludes halogenated alkanes) is 8. The zero-order valence-corrected chi connectivity index (χ0v) is 11.4. The Balaban J connectivity index is 0. The van der Waals surface area contributed by atoms with Crippen molar-refractivity contribution in [1.82, 2.24) is 0 Å². The van der Waals surface area contributed by atoms with E-state index >= 15 is 0 Å². The molecule has 0 atom stereocenters. The molecule has 0 aliphatic heterocycles. The minimum absolute atomic E-state index is 0. The van der Waals surface area contributed by atoms with Gasteiger partial charge in [0, 0.05) is 0 Å². The minimum atomic E-state index is -1.23. The Bertz CT molecular complexity index is 224. The summed E-state index contributed by atoms with van der Waals surface area (Å²) in [6.45, 7) is 2.20. The van der Waals surface area contributed by atoms with E-state index in [-0.39, 0.29) is 13.8 Å². The molecule has 0 amide bonds. The smallest absolute Gasteiger partial charge is 0.317 e. The Hall–Kier alpha value is -1.06. The van der Waals surface area contributed by atoms with Gasteiger partial charge >= 0.3 is 11.9 Å². The summed E-state index contributed by atoms with van der Waals surface area (Å²) < 4.78 is 0. The van der Waals surface area contributed by atoms with Gasteiger partial charge in [0.2, 0.25) is 0 Å². The molecule has 114 valence electrons. The third-order valence-electron chi connectivity index (χ3n) is 3.19. The highest BCUT2D eigenvalue weighted by Gasteiger charge is 2.24. The average Bonchev–Trinajstić information content (AvgIpc) is 2.30. The first-order chi connectivity index (χ1) is 8.59. The molecule has 4 heteroatoms. The van der Waals surface area contributed by atoms with Gasteiger partial charge in [-0.1, -0.05) is 72.1 Å². The highest BCUT2D eigenvalue weighted by Crippen LogP contribution is 2.14. The monoisotopic (exact) mass is 274 g/mol. The van der Waals surface area contributed by atoms with Crippen LogP contribution in [0.2, 0.25) is 0 Å². The van der Waals surface area contributed by atoms with E-state index in [9.17, 15) is 9.59 Å². The van der Waals surface area contributed by atoms with Crippen LogP contribution in [-0.2, 0) is 9.59 Å². The van der Waals surface area contributed by atoms with E-state index in [1.54, 1.807) is 0 Å². The van der Waals surface area contributed by atoms with E-state index in [4.69, 9.17) is 10.2 Å². The van der Waals surface area contributed by atoms with Crippen molar-refractivity contribution in [2.45, 2.75) is 78.6 Å². The van der Waals surface area contributed by atoms with Crippen LogP contribution < -0.4 is 0 Å². The number of carboxylic acid groups (broad SMARTS) is 2. The summed E-state index contributed by atoms with van der Waals surface area (Å²) >= 11 is 0. The average molecular weight is 274 g/mol. The van der Waals surface area contributed by atoms with E-state index < -0.39 is 17.9 Å². The molecule has 0 spiro atoms.